The standard InChI is InChI=1S/C17H15NO2S2/c1-13-7-5-6-10-16(13)22(19,20)18-15-11-12-21-17(15)14-8-3-2-4-9-14/h2-12,18H,1H3. The van der Waals surface area contributed by atoms with E-state index in [4.69, 9.17) is 0 Å². The van der Waals surface area contributed by atoms with Crippen molar-refractivity contribution in [3.63, 3.8) is 0 Å². The van der Waals surface area contributed by atoms with E-state index in [2.05, 4.69) is 4.72 Å². The Hall–Kier alpha value is -2.11. The molecule has 0 amide bonds. The minimum absolute atomic E-state index is 0.306. The SMILES string of the molecule is Cc1ccccc1S(=O)(=O)Nc1ccsc1-c1ccccc1. The smallest absolute Gasteiger partial charge is 0.262 e. The predicted molar refractivity (Wildman–Crippen MR) is 91.7 cm³/mol. The van der Waals surface area contributed by atoms with Crippen LogP contribution in [0.1, 0.15) is 5.56 Å². The zero-order chi connectivity index (χ0) is 15.6. The molecule has 0 aliphatic heterocycles. The highest BCUT2D eigenvalue weighted by atomic mass is 32.2. The predicted octanol–water partition coefficient (Wildman–Crippen LogP) is 4.52. The minimum atomic E-state index is -3.59. The minimum Gasteiger partial charge on any atom is -0.278 e. The lowest BCUT2D eigenvalue weighted by Gasteiger charge is -2.11. The molecular weight excluding hydrogens is 314 g/mol. The van der Waals surface area contributed by atoms with Crippen molar-refractivity contribution in [2.45, 2.75) is 11.8 Å². The second-order valence-corrected chi connectivity index (χ2v) is 7.47. The van der Waals surface area contributed by atoms with Crippen LogP contribution in [-0.2, 0) is 10.0 Å². The van der Waals surface area contributed by atoms with E-state index in [1.54, 1.807) is 31.2 Å². The van der Waals surface area contributed by atoms with E-state index in [-0.39, 0.29) is 0 Å². The van der Waals surface area contributed by atoms with Gasteiger partial charge in [0.05, 0.1) is 15.5 Å². The summed E-state index contributed by atoms with van der Waals surface area (Å²) >= 11 is 1.52. The maximum atomic E-state index is 12.6. The molecule has 2 aromatic carbocycles. The Bertz CT molecular complexity index is 884. The third-order valence-corrected chi connectivity index (χ3v) is 5.82. The molecule has 0 saturated heterocycles. The summed E-state index contributed by atoms with van der Waals surface area (Å²) in [6.45, 7) is 1.79. The number of aryl methyl sites for hydroxylation is 1. The first-order valence-electron chi connectivity index (χ1n) is 6.79. The molecular formula is C17H15NO2S2. The average Bonchev–Trinajstić information content (AvgIpc) is 2.96. The average molecular weight is 329 g/mol. The van der Waals surface area contributed by atoms with Crippen LogP contribution in [0.4, 0.5) is 5.69 Å². The summed E-state index contributed by atoms with van der Waals surface area (Å²) in [6.07, 6.45) is 0. The number of anilines is 1. The van der Waals surface area contributed by atoms with Gasteiger partial charge < -0.3 is 0 Å². The van der Waals surface area contributed by atoms with Gasteiger partial charge in [-0.25, -0.2) is 8.42 Å². The number of hydrogen-bond donors (Lipinski definition) is 1. The van der Waals surface area contributed by atoms with E-state index >= 15 is 0 Å². The maximum Gasteiger partial charge on any atom is 0.262 e. The molecule has 0 radical (unpaired) electrons. The third kappa shape index (κ3) is 2.91. The van der Waals surface area contributed by atoms with Crippen LogP contribution in [0.5, 0.6) is 0 Å². The molecule has 0 aliphatic rings. The molecule has 1 heterocycles. The van der Waals surface area contributed by atoms with Gasteiger partial charge in [0.25, 0.3) is 10.0 Å². The molecule has 1 N–H and O–H groups in total. The molecule has 0 unspecified atom stereocenters. The summed E-state index contributed by atoms with van der Waals surface area (Å²) in [4.78, 5) is 1.22. The molecule has 22 heavy (non-hydrogen) atoms. The molecule has 112 valence electrons. The fourth-order valence-corrected chi connectivity index (χ4v) is 4.50. The molecule has 1 aromatic heterocycles. The maximum absolute atomic E-state index is 12.6. The van der Waals surface area contributed by atoms with Gasteiger partial charge in [0.2, 0.25) is 0 Å². The fraction of sp³-hybridized carbons (Fsp3) is 0.0588. The topological polar surface area (TPSA) is 46.2 Å². The summed E-state index contributed by atoms with van der Waals surface area (Å²) in [5, 5.41) is 1.89. The van der Waals surface area contributed by atoms with Crippen molar-refractivity contribution in [2.75, 3.05) is 4.72 Å². The van der Waals surface area contributed by atoms with Crippen molar-refractivity contribution in [1.29, 1.82) is 0 Å². The third-order valence-electron chi connectivity index (χ3n) is 3.33. The van der Waals surface area contributed by atoms with Gasteiger partial charge in [-0.15, -0.1) is 11.3 Å². The van der Waals surface area contributed by atoms with Gasteiger partial charge in [0, 0.05) is 0 Å². The van der Waals surface area contributed by atoms with E-state index in [9.17, 15) is 8.42 Å². The lowest BCUT2D eigenvalue weighted by Crippen LogP contribution is -2.14. The van der Waals surface area contributed by atoms with E-state index in [1.807, 2.05) is 41.8 Å². The Labute approximate surface area is 134 Å². The van der Waals surface area contributed by atoms with Crippen molar-refractivity contribution in [3.05, 3.63) is 71.6 Å². The van der Waals surface area contributed by atoms with Crippen LogP contribution in [0, 0.1) is 6.92 Å². The number of benzene rings is 2. The van der Waals surface area contributed by atoms with Gasteiger partial charge in [-0.3, -0.25) is 4.72 Å². The van der Waals surface area contributed by atoms with E-state index in [1.165, 1.54) is 11.3 Å². The number of nitrogens with one attached hydrogen (secondary N) is 1. The summed E-state index contributed by atoms with van der Waals surface area (Å²) in [7, 11) is -3.59. The Morgan fingerprint density at radius 2 is 1.59 bits per heavy atom. The second-order valence-electron chi connectivity index (χ2n) is 4.90. The molecule has 0 saturated carbocycles. The Balaban J connectivity index is 1.98. The molecule has 0 aliphatic carbocycles. The summed E-state index contributed by atoms with van der Waals surface area (Å²) in [5.41, 5.74) is 2.34. The van der Waals surface area contributed by atoms with Crippen LogP contribution in [0.15, 0.2) is 70.9 Å². The van der Waals surface area contributed by atoms with Gasteiger partial charge >= 0.3 is 0 Å². The monoisotopic (exact) mass is 329 g/mol. The highest BCUT2D eigenvalue weighted by Gasteiger charge is 2.18. The van der Waals surface area contributed by atoms with Gasteiger partial charge in [-0.2, -0.15) is 0 Å². The molecule has 0 atom stereocenters. The first kappa shape index (κ1) is 14.8. The number of thiophene rings is 1. The van der Waals surface area contributed by atoms with Crippen LogP contribution in [-0.4, -0.2) is 8.42 Å². The Morgan fingerprint density at radius 1 is 0.909 bits per heavy atom. The quantitative estimate of drug-likeness (QED) is 0.764. The lowest BCUT2D eigenvalue weighted by atomic mass is 10.2. The van der Waals surface area contributed by atoms with Crippen molar-refractivity contribution < 1.29 is 8.42 Å². The largest absolute Gasteiger partial charge is 0.278 e. The first-order chi connectivity index (χ1) is 10.6. The molecule has 5 heteroatoms. The van der Waals surface area contributed by atoms with E-state index in [0.29, 0.717) is 10.6 Å². The molecule has 0 spiro atoms. The Kier molecular flexibility index (Phi) is 4.00. The van der Waals surface area contributed by atoms with Crippen LogP contribution in [0.25, 0.3) is 10.4 Å². The fourth-order valence-electron chi connectivity index (χ4n) is 2.26. The molecule has 3 aromatic rings. The van der Waals surface area contributed by atoms with Gasteiger partial charge in [0.15, 0.2) is 0 Å². The highest BCUT2D eigenvalue weighted by Crippen LogP contribution is 2.34. The van der Waals surface area contributed by atoms with Gasteiger partial charge in [-0.05, 0) is 35.6 Å². The van der Waals surface area contributed by atoms with Crippen molar-refractivity contribution in [3.8, 4) is 10.4 Å². The normalized spacial score (nSPS) is 11.3. The van der Waals surface area contributed by atoms with E-state index < -0.39 is 10.0 Å². The zero-order valence-electron chi connectivity index (χ0n) is 12.0. The number of sulfonamides is 1. The molecule has 0 fully saturated rings. The van der Waals surface area contributed by atoms with Crippen LogP contribution in [0.3, 0.4) is 0 Å². The van der Waals surface area contributed by atoms with Crippen LogP contribution < -0.4 is 4.72 Å². The number of rotatable bonds is 4. The van der Waals surface area contributed by atoms with E-state index in [0.717, 1.165) is 16.0 Å². The van der Waals surface area contributed by atoms with Gasteiger partial charge in [-0.1, -0.05) is 48.5 Å². The summed E-state index contributed by atoms with van der Waals surface area (Å²) in [6, 6.07) is 18.5. The summed E-state index contributed by atoms with van der Waals surface area (Å²) in [5.74, 6) is 0. The van der Waals surface area contributed by atoms with Crippen molar-refractivity contribution in [1.82, 2.24) is 0 Å². The number of hydrogen-bond acceptors (Lipinski definition) is 3. The molecule has 3 rings (SSSR count). The van der Waals surface area contributed by atoms with Crippen LogP contribution in [0.2, 0.25) is 0 Å². The second kappa shape index (κ2) is 5.94. The van der Waals surface area contributed by atoms with Crippen LogP contribution >= 0.6 is 11.3 Å². The molecule has 0 bridgehead atoms. The summed E-state index contributed by atoms with van der Waals surface area (Å²) < 4.78 is 27.9. The zero-order valence-corrected chi connectivity index (χ0v) is 13.6. The van der Waals surface area contributed by atoms with Crippen molar-refractivity contribution >= 4 is 27.0 Å². The molecule has 3 nitrogen and oxygen atoms in total. The highest BCUT2D eigenvalue weighted by molar-refractivity contribution is 7.92. The Morgan fingerprint density at radius 3 is 2.32 bits per heavy atom. The van der Waals surface area contributed by atoms with Gasteiger partial charge in [0.1, 0.15) is 0 Å². The van der Waals surface area contributed by atoms with Crippen molar-refractivity contribution in [2.24, 2.45) is 0 Å². The first-order valence-corrected chi connectivity index (χ1v) is 9.15. The lowest BCUT2D eigenvalue weighted by molar-refractivity contribution is 0.600.